The smallest absolute Gasteiger partial charge is 0.230 e. The van der Waals surface area contributed by atoms with Crippen molar-refractivity contribution < 1.29 is 4.74 Å². The second kappa shape index (κ2) is 5.11. The third-order valence-corrected chi connectivity index (χ3v) is 2.82. The Morgan fingerprint density at radius 1 is 1.39 bits per heavy atom. The Bertz CT molecular complexity index is 596. The zero-order chi connectivity index (χ0) is 13.1. The largest absolute Gasteiger partial charge is 0.472 e. The molecule has 0 aliphatic rings. The summed E-state index contributed by atoms with van der Waals surface area (Å²) in [4.78, 5) is 0. The lowest BCUT2D eigenvalue weighted by Crippen LogP contribution is -2.01. The molecule has 0 spiro atoms. The highest BCUT2D eigenvalue weighted by molar-refractivity contribution is 6.30. The maximum Gasteiger partial charge on any atom is 0.230 e. The van der Waals surface area contributed by atoms with Crippen molar-refractivity contribution in [2.24, 2.45) is 7.05 Å². The van der Waals surface area contributed by atoms with Gasteiger partial charge in [-0.15, -0.1) is 0 Å². The van der Waals surface area contributed by atoms with Crippen molar-refractivity contribution in [2.75, 3.05) is 0 Å². The summed E-state index contributed by atoms with van der Waals surface area (Å²) < 4.78 is 7.21. The van der Waals surface area contributed by atoms with Crippen molar-refractivity contribution in [1.82, 2.24) is 9.78 Å². The molecule has 0 amide bonds. The van der Waals surface area contributed by atoms with Gasteiger partial charge in [-0.2, -0.15) is 10.4 Å². The first kappa shape index (κ1) is 12.5. The minimum Gasteiger partial charge on any atom is -0.472 e. The van der Waals surface area contributed by atoms with E-state index < -0.39 is 0 Å². The lowest BCUT2D eigenvalue weighted by molar-refractivity contribution is 0.278. The van der Waals surface area contributed by atoms with E-state index in [1.54, 1.807) is 30.8 Å². The first-order chi connectivity index (χ1) is 8.61. The van der Waals surface area contributed by atoms with Gasteiger partial charge in [0.15, 0.2) is 0 Å². The number of nitriles is 1. The molecule has 1 aromatic heterocycles. The molecule has 0 unspecified atom stereocenters. The predicted octanol–water partition coefficient (Wildman–Crippen LogP) is 2.83. The third-order valence-electron chi connectivity index (χ3n) is 2.57. The number of rotatable bonds is 3. The molecule has 1 aromatic carbocycles. The molecule has 92 valence electrons. The van der Waals surface area contributed by atoms with Gasteiger partial charge in [0.2, 0.25) is 5.88 Å². The molecule has 2 rings (SSSR count). The van der Waals surface area contributed by atoms with Crippen LogP contribution in [0, 0.1) is 18.3 Å². The zero-order valence-corrected chi connectivity index (χ0v) is 10.9. The van der Waals surface area contributed by atoms with Crippen LogP contribution < -0.4 is 4.74 Å². The highest BCUT2D eigenvalue weighted by Crippen LogP contribution is 2.21. The maximum absolute atomic E-state index is 9.05. The molecule has 0 atom stereocenters. The van der Waals surface area contributed by atoms with Gasteiger partial charge in [-0.3, -0.25) is 0 Å². The van der Waals surface area contributed by atoms with Crippen LogP contribution in [-0.4, -0.2) is 9.78 Å². The van der Waals surface area contributed by atoms with Crippen molar-refractivity contribution in [1.29, 1.82) is 5.26 Å². The van der Waals surface area contributed by atoms with Crippen LogP contribution >= 0.6 is 11.6 Å². The van der Waals surface area contributed by atoms with E-state index in [2.05, 4.69) is 11.2 Å². The third kappa shape index (κ3) is 2.47. The lowest BCUT2D eigenvalue weighted by atomic mass is 10.2. The van der Waals surface area contributed by atoms with E-state index in [9.17, 15) is 0 Å². The summed E-state index contributed by atoms with van der Waals surface area (Å²) in [6.07, 6.45) is 0. The molecule has 0 saturated carbocycles. The van der Waals surface area contributed by atoms with Crippen LogP contribution in [0.2, 0.25) is 5.02 Å². The first-order valence-electron chi connectivity index (χ1n) is 5.42. The van der Waals surface area contributed by atoms with E-state index in [4.69, 9.17) is 21.6 Å². The Kier molecular flexibility index (Phi) is 3.54. The summed E-state index contributed by atoms with van der Waals surface area (Å²) in [5.74, 6) is 0.491. The summed E-state index contributed by atoms with van der Waals surface area (Å²) in [6.45, 7) is 2.17. The highest BCUT2D eigenvalue weighted by Gasteiger charge is 2.14. The molecular formula is C13H12ClN3O. The molecule has 0 saturated heterocycles. The number of nitrogens with zero attached hydrogens (tertiary/aromatic N) is 3. The summed E-state index contributed by atoms with van der Waals surface area (Å²) in [7, 11) is 1.75. The average molecular weight is 262 g/mol. The van der Waals surface area contributed by atoms with E-state index >= 15 is 0 Å². The molecule has 0 fully saturated rings. The van der Waals surface area contributed by atoms with Gasteiger partial charge in [0.1, 0.15) is 18.2 Å². The van der Waals surface area contributed by atoms with Crippen molar-refractivity contribution in [3.05, 3.63) is 46.1 Å². The van der Waals surface area contributed by atoms with Crippen LogP contribution in [0.15, 0.2) is 24.3 Å². The van der Waals surface area contributed by atoms with Gasteiger partial charge < -0.3 is 4.74 Å². The van der Waals surface area contributed by atoms with Crippen molar-refractivity contribution in [3.63, 3.8) is 0 Å². The average Bonchev–Trinajstić information content (AvgIpc) is 2.62. The normalized spacial score (nSPS) is 10.1. The van der Waals surface area contributed by atoms with E-state index in [-0.39, 0.29) is 0 Å². The van der Waals surface area contributed by atoms with E-state index in [0.29, 0.717) is 28.8 Å². The Labute approximate surface area is 110 Å². The minimum atomic E-state index is 0.380. The Morgan fingerprint density at radius 3 is 2.67 bits per heavy atom. The zero-order valence-electron chi connectivity index (χ0n) is 10.1. The lowest BCUT2D eigenvalue weighted by Gasteiger charge is -2.06. The van der Waals surface area contributed by atoms with Crippen molar-refractivity contribution in [3.8, 4) is 11.9 Å². The Hall–Kier alpha value is -1.99. The number of ether oxygens (including phenoxy) is 1. The number of benzene rings is 1. The standard InChI is InChI=1S/C13H12ClN3O/c1-9-12(7-15)13(17(2)16-9)18-8-10-3-5-11(14)6-4-10/h3-6H,8H2,1-2H3. The number of aryl methyl sites for hydroxylation is 2. The summed E-state index contributed by atoms with van der Waals surface area (Å²) in [6, 6.07) is 9.48. The first-order valence-corrected chi connectivity index (χ1v) is 5.80. The quantitative estimate of drug-likeness (QED) is 0.854. The van der Waals surface area contributed by atoms with Gasteiger partial charge >= 0.3 is 0 Å². The van der Waals surface area contributed by atoms with Crippen LogP contribution in [0.3, 0.4) is 0 Å². The number of hydrogen-bond acceptors (Lipinski definition) is 3. The van der Waals surface area contributed by atoms with Gasteiger partial charge in [0.25, 0.3) is 0 Å². The molecule has 1 heterocycles. The van der Waals surface area contributed by atoms with Gasteiger partial charge in [-0.05, 0) is 24.6 Å². The topological polar surface area (TPSA) is 50.8 Å². The van der Waals surface area contributed by atoms with Gasteiger partial charge in [-0.1, -0.05) is 23.7 Å². The van der Waals surface area contributed by atoms with Crippen LogP contribution in [0.1, 0.15) is 16.8 Å². The molecule has 2 aromatic rings. The van der Waals surface area contributed by atoms with Crippen LogP contribution in [0.4, 0.5) is 0 Å². The van der Waals surface area contributed by atoms with Crippen molar-refractivity contribution in [2.45, 2.75) is 13.5 Å². The molecule has 0 radical (unpaired) electrons. The second-order valence-electron chi connectivity index (χ2n) is 3.92. The molecule has 0 bridgehead atoms. The number of halogens is 1. The molecule has 4 nitrogen and oxygen atoms in total. The van der Waals surface area contributed by atoms with Crippen LogP contribution in [0.5, 0.6) is 5.88 Å². The van der Waals surface area contributed by atoms with Crippen molar-refractivity contribution >= 4 is 11.6 Å². The van der Waals surface area contributed by atoms with Gasteiger partial charge in [-0.25, -0.2) is 4.68 Å². The van der Waals surface area contributed by atoms with Gasteiger partial charge in [0.05, 0.1) is 5.69 Å². The summed E-state index contributed by atoms with van der Waals surface area (Å²) in [5, 5.41) is 13.9. The SMILES string of the molecule is Cc1nn(C)c(OCc2ccc(Cl)cc2)c1C#N. The second-order valence-corrected chi connectivity index (χ2v) is 4.35. The summed E-state index contributed by atoms with van der Waals surface area (Å²) >= 11 is 5.81. The fraction of sp³-hybridized carbons (Fsp3) is 0.231. The summed E-state index contributed by atoms with van der Waals surface area (Å²) in [5.41, 5.74) is 2.14. The maximum atomic E-state index is 9.05. The molecular weight excluding hydrogens is 250 g/mol. The monoisotopic (exact) mass is 261 g/mol. The fourth-order valence-electron chi connectivity index (χ4n) is 1.66. The predicted molar refractivity (Wildman–Crippen MR) is 68.4 cm³/mol. The molecule has 0 aliphatic heterocycles. The van der Waals surface area contributed by atoms with Gasteiger partial charge in [0, 0.05) is 12.1 Å². The van der Waals surface area contributed by atoms with E-state index in [1.165, 1.54) is 0 Å². The van der Waals surface area contributed by atoms with E-state index in [0.717, 1.165) is 5.56 Å². The fourth-order valence-corrected chi connectivity index (χ4v) is 1.79. The minimum absolute atomic E-state index is 0.380. The number of aromatic nitrogens is 2. The molecule has 0 N–H and O–H groups in total. The van der Waals surface area contributed by atoms with Crippen LogP contribution in [-0.2, 0) is 13.7 Å². The molecule has 5 heteroatoms. The number of hydrogen-bond donors (Lipinski definition) is 0. The molecule has 18 heavy (non-hydrogen) atoms. The Balaban J connectivity index is 2.16. The molecule has 0 aliphatic carbocycles. The Morgan fingerprint density at radius 2 is 2.06 bits per heavy atom. The van der Waals surface area contributed by atoms with Crippen LogP contribution in [0.25, 0.3) is 0 Å². The van der Waals surface area contributed by atoms with E-state index in [1.807, 2.05) is 12.1 Å². The highest BCUT2D eigenvalue weighted by atomic mass is 35.5.